The van der Waals surface area contributed by atoms with Crippen LogP contribution in [0.1, 0.15) is 10.4 Å². The molecule has 0 aliphatic heterocycles. The number of aromatic nitrogens is 3. The van der Waals surface area contributed by atoms with Gasteiger partial charge < -0.3 is 9.84 Å². The minimum Gasteiger partial charge on any atom is -0.507 e. The Morgan fingerprint density at radius 2 is 2.35 bits per heavy atom. The Bertz CT molecular complexity index is 529. The molecule has 0 aliphatic carbocycles. The van der Waals surface area contributed by atoms with Gasteiger partial charge in [-0.2, -0.15) is 0 Å². The zero-order valence-corrected chi connectivity index (χ0v) is 9.56. The fourth-order valence-corrected chi connectivity index (χ4v) is 1.53. The Labute approximate surface area is 100 Å². The molecule has 88 valence electrons. The number of hydrogen-bond donors (Lipinski definition) is 2. The summed E-state index contributed by atoms with van der Waals surface area (Å²) < 4.78 is 8.47. The SMILES string of the molecule is COc1ccc(O)c(C(=O)Nc2nnns2)c1. The van der Waals surface area contributed by atoms with Crippen LogP contribution in [0.4, 0.5) is 5.13 Å². The zero-order valence-electron chi connectivity index (χ0n) is 8.75. The minimum atomic E-state index is -0.500. The van der Waals surface area contributed by atoms with Gasteiger partial charge >= 0.3 is 0 Å². The van der Waals surface area contributed by atoms with Crippen molar-refractivity contribution in [3.8, 4) is 11.5 Å². The van der Waals surface area contributed by atoms with Gasteiger partial charge in [-0.05, 0) is 23.4 Å². The number of rotatable bonds is 3. The van der Waals surface area contributed by atoms with Crippen LogP contribution in [0.15, 0.2) is 18.2 Å². The third-order valence-electron chi connectivity index (χ3n) is 1.97. The van der Waals surface area contributed by atoms with Crippen molar-refractivity contribution in [3.63, 3.8) is 0 Å². The number of nitrogens with one attached hydrogen (secondary N) is 1. The quantitative estimate of drug-likeness (QED) is 0.842. The number of benzene rings is 1. The Morgan fingerprint density at radius 1 is 1.53 bits per heavy atom. The molecule has 8 heteroatoms. The highest BCUT2D eigenvalue weighted by atomic mass is 32.1. The number of carbonyl (C=O) groups excluding carboxylic acids is 1. The van der Waals surface area contributed by atoms with E-state index in [1.54, 1.807) is 6.07 Å². The maximum absolute atomic E-state index is 11.8. The van der Waals surface area contributed by atoms with E-state index in [1.165, 1.54) is 19.2 Å². The van der Waals surface area contributed by atoms with Gasteiger partial charge in [0, 0.05) is 11.5 Å². The molecule has 0 atom stereocenters. The summed E-state index contributed by atoms with van der Waals surface area (Å²) in [7, 11) is 1.47. The van der Waals surface area contributed by atoms with Crippen LogP contribution in [0.5, 0.6) is 11.5 Å². The molecule has 0 bridgehead atoms. The summed E-state index contributed by atoms with van der Waals surface area (Å²) in [6.45, 7) is 0. The summed E-state index contributed by atoms with van der Waals surface area (Å²) in [5.41, 5.74) is 0.0968. The number of ether oxygens (including phenoxy) is 1. The third-order valence-corrected chi connectivity index (χ3v) is 2.48. The fraction of sp³-hybridized carbons (Fsp3) is 0.111. The molecule has 17 heavy (non-hydrogen) atoms. The van der Waals surface area contributed by atoms with Crippen LogP contribution in [-0.4, -0.2) is 32.9 Å². The monoisotopic (exact) mass is 252 g/mol. The van der Waals surface area contributed by atoms with Crippen molar-refractivity contribution in [3.05, 3.63) is 23.8 Å². The van der Waals surface area contributed by atoms with E-state index < -0.39 is 5.91 Å². The lowest BCUT2D eigenvalue weighted by atomic mass is 10.2. The van der Waals surface area contributed by atoms with E-state index in [9.17, 15) is 9.90 Å². The molecule has 1 heterocycles. The fourth-order valence-electron chi connectivity index (χ4n) is 1.17. The van der Waals surface area contributed by atoms with E-state index in [4.69, 9.17) is 4.74 Å². The molecule has 0 fully saturated rings. The van der Waals surface area contributed by atoms with Crippen LogP contribution in [0, 0.1) is 0 Å². The van der Waals surface area contributed by atoms with Crippen LogP contribution >= 0.6 is 11.5 Å². The van der Waals surface area contributed by atoms with Crippen LogP contribution in [0.2, 0.25) is 0 Å². The molecular weight excluding hydrogens is 244 g/mol. The van der Waals surface area contributed by atoms with Crippen molar-refractivity contribution in [2.24, 2.45) is 0 Å². The average molecular weight is 252 g/mol. The predicted octanol–water partition coefficient (Wildman–Crippen LogP) is 0.900. The normalized spacial score (nSPS) is 9.94. The van der Waals surface area contributed by atoms with Gasteiger partial charge in [0.1, 0.15) is 11.5 Å². The first-order chi connectivity index (χ1) is 8.20. The van der Waals surface area contributed by atoms with Crippen LogP contribution < -0.4 is 10.1 Å². The molecule has 7 nitrogen and oxygen atoms in total. The molecule has 0 unspecified atom stereocenters. The van der Waals surface area contributed by atoms with Gasteiger partial charge in [0.05, 0.1) is 12.7 Å². The maximum Gasteiger partial charge on any atom is 0.261 e. The van der Waals surface area contributed by atoms with Gasteiger partial charge in [0.2, 0.25) is 5.13 Å². The van der Waals surface area contributed by atoms with E-state index in [1.807, 2.05) is 0 Å². The Morgan fingerprint density at radius 3 is 3.00 bits per heavy atom. The molecule has 1 amide bonds. The van der Waals surface area contributed by atoms with E-state index in [0.29, 0.717) is 5.75 Å². The summed E-state index contributed by atoms with van der Waals surface area (Å²) in [5.74, 6) is -0.163. The highest BCUT2D eigenvalue weighted by Crippen LogP contribution is 2.23. The maximum atomic E-state index is 11.8. The van der Waals surface area contributed by atoms with Crippen LogP contribution in [0.3, 0.4) is 0 Å². The van der Waals surface area contributed by atoms with E-state index >= 15 is 0 Å². The number of anilines is 1. The van der Waals surface area contributed by atoms with Gasteiger partial charge in [-0.1, -0.05) is 9.59 Å². The Balaban J connectivity index is 2.24. The van der Waals surface area contributed by atoms with Crippen LogP contribution in [-0.2, 0) is 0 Å². The molecule has 2 aromatic rings. The van der Waals surface area contributed by atoms with Gasteiger partial charge in [0.25, 0.3) is 5.91 Å². The van der Waals surface area contributed by atoms with Crippen molar-refractivity contribution in [2.45, 2.75) is 0 Å². The van der Waals surface area contributed by atoms with Crippen LogP contribution in [0.25, 0.3) is 0 Å². The molecule has 0 radical (unpaired) electrons. The van der Waals surface area contributed by atoms with Crippen molar-refractivity contribution in [1.82, 2.24) is 14.8 Å². The molecule has 1 aromatic heterocycles. The summed E-state index contributed by atoms with van der Waals surface area (Å²) in [5, 5.41) is 19.2. The number of methoxy groups -OCH3 is 1. The van der Waals surface area contributed by atoms with Gasteiger partial charge in [-0.25, -0.2) is 0 Å². The summed E-state index contributed by atoms with van der Waals surface area (Å²) in [4.78, 5) is 11.8. The summed E-state index contributed by atoms with van der Waals surface area (Å²) in [6, 6.07) is 4.36. The standard InChI is InChI=1S/C9H8N4O3S/c1-16-5-2-3-7(14)6(4-5)8(15)10-9-11-12-13-17-9/h2-4,14H,1H3,(H,10,11,13,15). The lowest BCUT2D eigenvalue weighted by Crippen LogP contribution is -2.12. The van der Waals surface area contributed by atoms with Crippen molar-refractivity contribution >= 4 is 22.6 Å². The molecule has 0 spiro atoms. The Kier molecular flexibility index (Phi) is 3.15. The highest BCUT2D eigenvalue weighted by molar-refractivity contribution is 7.09. The summed E-state index contributed by atoms with van der Waals surface area (Å²) in [6.07, 6.45) is 0. The first-order valence-corrected chi connectivity index (χ1v) is 5.31. The second-order valence-electron chi connectivity index (χ2n) is 3.00. The number of hydrogen-bond acceptors (Lipinski definition) is 7. The number of nitrogens with zero attached hydrogens (tertiary/aromatic N) is 3. The molecule has 2 rings (SSSR count). The summed E-state index contributed by atoms with van der Waals surface area (Å²) >= 11 is 0.945. The van der Waals surface area contributed by atoms with Crippen molar-refractivity contribution in [1.29, 1.82) is 0 Å². The minimum absolute atomic E-state index is 0.0968. The second-order valence-corrected chi connectivity index (χ2v) is 3.74. The number of phenolic OH excluding ortho intramolecular Hbond substituents is 1. The number of amides is 1. The van der Waals surface area contributed by atoms with Gasteiger partial charge in [0.15, 0.2) is 0 Å². The van der Waals surface area contributed by atoms with Gasteiger partial charge in [-0.15, -0.1) is 0 Å². The van der Waals surface area contributed by atoms with E-state index in [2.05, 4.69) is 20.1 Å². The average Bonchev–Trinajstić information content (AvgIpc) is 2.82. The predicted molar refractivity (Wildman–Crippen MR) is 60.3 cm³/mol. The molecule has 0 saturated carbocycles. The second kappa shape index (κ2) is 4.74. The topological polar surface area (TPSA) is 97.2 Å². The largest absolute Gasteiger partial charge is 0.507 e. The molecule has 0 saturated heterocycles. The lowest BCUT2D eigenvalue weighted by molar-refractivity contribution is 0.102. The molecular formula is C9H8N4O3S. The lowest BCUT2D eigenvalue weighted by Gasteiger charge is -2.06. The molecule has 0 aliphatic rings. The van der Waals surface area contributed by atoms with E-state index in [-0.39, 0.29) is 16.4 Å². The number of carbonyl (C=O) groups is 1. The van der Waals surface area contributed by atoms with Crippen molar-refractivity contribution < 1.29 is 14.6 Å². The molecule has 1 aromatic carbocycles. The zero-order chi connectivity index (χ0) is 12.3. The third kappa shape index (κ3) is 2.48. The first kappa shape index (κ1) is 11.3. The van der Waals surface area contributed by atoms with Crippen molar-refractivity contribution in [2.75, 3.05) is 12.4 Å². The molecule has 2 N–H and O–H groups in total. The van der Waals surface area contributed by atoms with E-state index in [0.717, 1.165) is 11.5 Å². The Hall–Kier alpha value is -2.22. The highest BCUT2D eigenvalue weighted by Gasteiger charge is 2.14. The number of phenols is 1. The number of aromatic hydroxyl groups is 1. The smallest absolute Gasteiger partial charge is 0.261 e. The first-order valence-electron chi connectivity index (χ1n) is 4.54. The van der Waals surface area contributed by atoms with Gasteiger partial charge in [-0.3, -0.25) is 10.1 Å².